The second kappa shape index (κ2) is 9.13. The van der Waals surface area contributed by atoms with Crippen LogP contribution in [0.2, 0.25) is 0 Å². The van der Waals surface area contributed by atoms with Gasteiger partial charge in [0.1, 0.15) is 6.17 Å². The molecule has 0 aliphatic carbocycles. The van der Waals surface area contributed by atoms with Crippen LogP contribution in [0.4, 0.5) is 4.39 Å². The van der Waals surface area contributed by atoms with Crippen LogP contribution in [-0.2, 0) is 9.59 Å². The van der Waals surface area contributed by atoms with Gasteiger partial charge in [-0.15, -0.1) is 0 Å². The minimum Gasteiger partial charge on any atom is -0.352 e. The number of hydrogen-bond acceptors (Lipinski definition) is 4. The van der Waals surface area contributed by atoms with Crippen LogP contribution in [-0.4, -0.2) is 42.7 Å². The first kappa shape index (κ1) is 20.4. The molecule has 2 heterocycles. The lowest BCUT2D eigenvalue weighted by atomic mass is 9.86. The highest BCUT2D eigenvalue weighted by Gasteiger charge is 2.33. The van der Waals surface area contributed by atoms with Crippen molar-refractivity contribution in [3.05, 3.63) is 11.6 Å². The first-order valence-corrected chi connectivity index (χ1v) is 9.43. The molecule has 7 heteroatoms. The summed E-state index contributed by atoms with van der Waals surface area (Å²) < 4.78 is 13.8. The average Bonchev–Trinajstić information content (AvgIpc) is 2.62. The third kappa shape index (κ3) is 5.04. The van der Waals surface area contributed by atoms with E-state index in [-0.39, 0.29) is 42.3 Å². The maximum Gasteiger partial charge on any atom is 0.247 e. The Hall–Kier alpha value is -1.94. The van der Waals surface area contributed by atoms with E-state index in [0.717, 1.165) is 12.8 Å². The molecule has 0 aromatic rings. The number of alkyl halides is 1. The van der Waals surface area contributed by atoms with E-state index in [0.29, 0.717) is 18.5 Å². The molecule has 3 N–H and O–H groups in total. The van der Waals surface area contributed by atoms with Gasteiger partial charge in [-0.05, 0) is 33.1 Å². The van der Waals surface area contributed by atoms with Crippen molar-refractivity contribution < 1.29 is 14.0 Å². The van der Waals surface area contributed by atoms with Crippen LogP contribution in [0, 0.1) is 23.2 Å². The summed E-state index contributed by atoms with van der Waals surface area (Å²) in [4.78, 5) is 24.6. The van der Waals surface area contributed by atoms with Gasteiger partial charge in [-0.1, -0.05) is 13.0 Å². The Morgan fingerprint density at radius 3 is 2.73 bits per heavy atom. The van der Waals surface area contributed by atoms with E-state index in [1.54, 1.807) is 6.08 Å². The minimum atomic E-state index is -1.09. The fourth-order valence-corrected chi connectivity index (χ4v) is 3.74. The molecule has 0 spiro atoms. The Kier molecular flexibility index (Phi) is 7.15. The Morgan fingerprint density at radius 1 is 1.46 bits per heavy atom. The van der Waals surface area contributed by atoms with Crippen molar-refractivity contribution in [1.29, 1.82) is 5.26 Å². The number of carbonyl (C=O) groups is 2. The SMILES string of the molecule is CCC1NC(=O)C(CC(=O)N[C@@H](C)C2CCC(C#N)CN2)=CC1C(C)F. The summed E-state index contributed by atoms with van der Waals surface area (Å²) in [7, 11) is 0. The highest BCUT2D eigenvalue weighted by Crippen LogP contribution is 2.24. The fourth-order valence-electron chi connectivity index (χ4n) is 3.74. The Bertz CT molecular complexity index is 591. The maximum atomic E-state index is 13.8. The topological polar surface area (TPSA) is 94.0 Å². The second-order valence-electron chi connectivity index (χ2n) is 7.39. The summed E-state index contributed by atoms with van der Waals surface area (Å²) in [6, 6.07) is 2.03. The van der Waals surface area contributed by atoms with Crippen LogP contribution in [0.15, 0.2) is 11.6 Å². The monoisotopic (exact) mass is 364 g/mol. The second-order valence-corrected chi connectivity index (χ2v) is 7.39. The summed E-state index contributed by atoms with van der Waals surface area (Å²) in [6.45, 7) is 5.92. The number of nitrogens with one attached hydrogen (secondary N) is 3. The largest absolute Gasteiger partial charge is 0.352 e. The van der Waals surface area contributed by atoms with E-state index < -0.39 is 12.1 Å². The molecule has 2 amide bonds. The first-order valence-electron chi connectivity index (χ1n) is 9.43. The van der Waals surface area contributed by atoms with E-state index in [2.05, 4.69) is 22.0 Å². The number of carbonyl (C=O) groups excluding carboxylic acids is 2. The quantitative estimate of drug-likeness (QED) is 0.667. The van der Waals surface area contributed by atoms with Gasteiger partial charge in [0.2, 0.25) is 11.8 Å². The summed E-state index contributed by atoms with van der Waals surface area (Å²) in [5, 5.41) is 18.0. The maximum absolute atomic E-state index is 13.8. The molecular formula is C19H29FN4O2. The molecule has 2 rings (SSSR count). The number of hydrogen-bond donors (Lipinski definition) is 3. The third-order valence-electron chi connectivity index (χ3n) is 5.41. The van der Waals surface area contributed by atoms with Gasteiger partial charge >= 0.3 is 0 Å². The molecule has 144 valence electrons. The van der Waals surface area contributed by atoms with Gasteiger partial charge in [-0.3, -0.25) is 9.59 Å². The van der Waals surface area contributed by atoms with E-state index in [9.17, 15) is 14.0 Å². The van der Waals surface area contributed by atoms with Crippen molar-refractivity contribution in [2.75, 3.05) is 6.54 Å². The molecule has 0 saturated carbocycles. The molecule has 1 saturated heterocycles. The summed E-state index contributed by atoms with van der Waals surface area (Å²) in [5.74, 6) is -0.912. The van der Waals surface area contributed by atoms with Crippen molar-refractivity contribution in [1.82, 2.24) is 16.0 Å². The molecule has 6 atom stereocenters. The number of piperidine rings is 1. The Morgan fingerprint density at radius 2 is 2.19 bits per heavy atom. The fraction of sp³-hybridized carbons (Fsp3) is 0.737. The molecule has 2 aliphatic rings. The predicted molar refractivity (Wildman–Crippen MR) is 96.7 cm³/mol. The Labute approximate surface area is 154 Å². The van der Waals surface area contributed by atoms with E-state index in [1.807, 2.05) is 13.8 Å². The van der Waals surface area contributed by atoms with Gasteiger partial charge in [-0.25, -0.2) is 4.39 Å². The zero-order valence-electron chi connectivity index (χ0n) is 15.7. The minimum absolute atomic E-state index is 0.0244. The smallest absolute Gasteiger partial charge is 0.247 e. The summed E-state index contributed by atoms with van der Waals surface area (Å²) in [5.41, 5.74) is 0.329. The third-order valence-corrected chi connectivity index (χ3v) is 5.41. The highest BCUT2D eigenvalue weighted by atomic mass is 19.1. The van der Waals surface area contributed by atoms with Crippen LogP contribution in [0.3, 0.4) is 0 Å². The molecule has 0 bridgehead atoms. The van der Waals surface area contributed by atoms with Crippen LogP contribution >= 0.6 is 0 Å². The van der Waals surface area contributed by atoms with Crippen molar-refractivity contribution in [2.45, 2.75) is 70.8 Å². The average molecular weight is 364 g/mol. The molecular weight excluding hydrogens is 335 g/mol. The number of rotatable bonds is 6. The summed E-state index contributed by atoms with van der Waals surface area (Å²) in [6.07, 6.45) is 2.77. The first-order chi connectivity index (χ1) is 12.3. The zero-order chi connectivity index (χ0) is 19.3. The molecule has 1 fully saturated rings. The molecule has 0 aromatic carbocycles. The standard InChI is InChI=1S/C19H29FN4O2/c1-4-16-15(11(2)20)7-14(19(26)24-16)8-18(25)23-12(3)17-6-5-13(9-21)10-22-17/h7,11-13,15-17,22H,4-6,8,10H2,1-3H3,(H,23,25)(H,24,26)/t11?,12-,13?,15?,16?,17?/m0/s1. The van der Waals surface area contributed by atoms with Crippen LogP contribution < -0.4 is 16.0 Å². The van der Waals surface area contributed by atoms with Crippen molar-refractivity contribution in [3.8, 4) is 6.07 Å². The van der Waals surface area contributed by atoms with E-state index >= 15 is 0 Å². The van der Waals surface area contributed by atoms with Gasteiger partial charge < -0.3 is 16.0 Å². The van der Waals surface area contributed by atoms with Gasteiger partial charge in [-0.2, -0.15) is 5.26 Å². The van der Waals surface area contributed by atoms with Crippen molar-refractivity contribution in [3.63, 3.8) is 0 Å². The molecule has 26 heavy (non-hydrogen) atoms. The van der Waals surface area contributed by atoms with Gasteiger partial charge in [0.05, 0.1) is 18.4 Å². The summed E-state index contributed by atoms with van der Waals surface area (Å²) >= 11 is 0. The van der Waals surface area contributed by atoms with Gasteiger partial charge in [0.15, 0.2) is 0 Å². The molecule has 2 aliphatic heterocycles. The number of amides is 2. The van der Waals surface area contributed by atoms with Gasteiger partial charge in [0.25, 0.3) is 0 Å². The van der Waals surface area contributed by atoms with E-state index in [4.69, 9.17) is 5.26 Å². The molecule has 0 radical (unpaired) electrons. The molecule has 6 nitrogen and oxygen atoms in total. The lowest BCUT2D eigenvalue weighted by Crippen LogP contribution is -2.52. The van der Waals surface area contributed by atoms with Crippen LogP contribution in [0.25, 0.3) is 0 Å². The predicted octanol–water partition coefficient (Wildman–Crippen LogP) is 1.58. The van der Waals surface area contributed by atoms with E-state index in [1.165, 1.54) is 6.92 Å². The number of halogens is 1. The van der Waals surface area contributed by atoms with Crippen LogP contribution in [0.5, 0.6) is 0 Å². The van der Waals surface area contributed by atoms with Gasteiger partial charge in [0, 0.05) is 36.2 Å². The molecule has 0 aromatic heterocycles. The lowest BCUT2D eigenvalue weighted by Gasteiger charge is -2.32. The lowest BCUT2D eigenvalue weighted by molar-refractivity contribution is -0.124. The normalized spacial score (nSPS) is 31.2. The number of nitriles is 1. The van der Waals surface area contributed by atoms with Crippen molar-refractivity contribution >= 4 is 11.8 Å². The molecule has 5 unspecified atom stereocenters. The zero-order valence-corrected chi connectivity index (χ0v) is 15.7. The number of nitrogens with zero attached hydrogens (tertiary/aromatic N) is 1. The van der Waals surface area contributed by atoms with Crippen molar-refractivity contribution in [2.24, 2.45) is 11.8 Å². The van der Waals surface area contributed by atoms with Crippen LogP contribution in [0.1, 0.15) is 46.5 Å². The highest BCUT2D eigenvalue weighted by molar-refractivity contribution is 5.99. The Balaban J connectivity index is 1.92.